The standard InChI is InChI=1S/C14H21N3S/c1-11-6-8-13(9-7-11)17-14(18)16-10-4-3-5-12(2)15/h6-9H,2-5,10,15H2,1H3,(H2,16,17,18). The van der Waals surface area contributed by atoms with Crippen LogP contribution in [0.25, 0.3) is 0 Å². The minimum atomic E-state index is 0.658. The highest BCUT2D eigenvalue weighted by Crippen LogP contribution is 2.08. The summed E-state index contributed by atoms with van der Waals surface area (Å²) in [7, 11) is 0. The lowest BCUT2D eigenvalue weighted by molar-refractivity contribution is 0.706. The molecular weight excluding hydrogens is 242 g/mol. The molecule has 0 spiro atoms. The molecule has 0 aliphatic carbocycles. The number of aryl methyl sites for hydroxylation is 1. The lowest BCUT2D eigenvalue weighted by Gasteiger charge is -2.10. The Morgan fingerprint density at radius 2 is 1.94 bits per heavy atom. The van der Waals surface area contributed by atoms with Gasteiger partial charge in [0.15, 0.2) is 5.11 Å². The Morgan fingerprint density at radius 1 is 1.28 bits per heavy atom. The van der Waals surface area contributed by atoms with Gasteiger partial charge in [-0.2, -0.15) is 0 Å². The van der Waals surface area contributed by atoms with E-state index in [1.807, 2.05) is 12.1 Å². The molecule has 1 aromatic carbocycles. The molecule has 18 heavy (non-hydrogen) atoms. The molecule has 1 rings (SSSR count). The summed E-state index contributed by atoms with van der Waals surface area (Å²) in [6, 6.07) is 8.14. The van der Waals surface area contributed by atoms with Gasteiger partial charge in [-0.05, 0) is 50.5 Å². The summed E-state index contributed by atoms with van der Waals surface area (Å²) in [6.45, 7) is 6.58. The molecule has 0 fully saturated rings. The summed E-state index contributed by atoms with van der Waals surface area (Å²) in [5, 5.41) is 6.97. The van der Waals surface area contributed by atoms with Crippen molar-refractivity contribution in [3.8, 4) is 0 Å². The number of allylic oxidation sites excluding steroid dienone is 1. The van der Waals surface area contributed by atoms with Gasteiger partial charge in [0.25, 0.3) is 0 Å². The molecule has 0 amide bonds. The summed E-state index contributed by atoms with van der Waals surface area (Å²) in [5.74, 6) is 0. The van der Waals surface area contributed by atoms with Crippen LogP contribution >= 0.6 is 12.2 Å². The molecule has 0 aromatic heterocycles. The first-order valence-corrected chi connectivity index (χ1v) is 6.53. The van der Waals surface area contributed by atoms with Crippen LogP contribution in [0.4, 0.5) is 5.69 Å². The van der Waals surface area contributed by atoms with Crippen molar-refractivity contribution in [1.82, 2.24) is 5.32 Å². The number of unbranched alkanes of at least 4 members (excludes halogenated alkanes) is 1. The van der Waals surface area contributed by atoms with Gasteiger partial charge in [0, 0.05) is 17.9 Å². The van der Waals surface area contributed by atoms with Gasteiger partial charge in [-0.15, -0.1) is 0 Å². The van der Waals surface area contributed by atoms with Crippen molar-refractivity contribution >= 4 is 23.0 Å². The van der Waals surface area contributed by atoms with Crippen LogP contribution in [0.5, 0.6) is 0 Å². The van der Waals surface area contributed by atoms with E-state index in [0.717, 1.165) is 37.2 Å². The van der Waals surface area contributed by atoms with Crippen LogP contribution in [-0.2, 0) is 0 Å². The fraction of sp³-hybridized carbons (Fsp3) is 0.357. The van der Waals surface area contributed by atoms with Crippen LogP contribution in [0.2, 0.25) is 0 Å². The van der Waals surface area contributed by atoms with Crippen molar-refractivity contribution in [2.24, 2.45) is 5.73 Å². The zero-order valence-corrected chi connectivity index (χ0v) is 11.6. The Kier molecular flexibility index (Phi) is 6.22. The number of benzene rings is 1. The third kappa shape index (κ3) is 6.25. The molecule has 1 aromatic rings. The van der Waals surface area contributed by atoms with Gasteiger partial charge in [-0.25, -0.2) is 0 Å². The Labute approximate surface area is 114 Å². The fourth-order valence-corrected chi connectivity index (χ4v) is 1.71. The molecule has 0 bridgehead atoms. The second-order valence-corrected chi connectivity index (χ2v) is 4.77. The highest BCUT2D eigenvalue weighted by Gasteiger charge is 1.97. The van der Waals surface area contributed by atoms with Gasteiger partial charge in [0.05, 0.1) is 0 Å². The minimum Gasteiger partial charge on any atom is -0.403 e. The topological polar surface area (TPSA) is 50.1 Å². The molecule has 0 saturated heterocycles. The van der Waals surface area contributed by atoms with E-state index in [4.69, 9.17) is 18.0 Å². The first kappa shape index (κ1) is 14.5. The van der Waals surface area contributed by atoms with Crippen molar-refractivity contribution < 1.29 is 0 Å². The summed E-state index contributed by atoms with van der Waals surface area (Å²) in [4.78, 5) is 0. The Morgan fingerprint density at radius 3 is 2.56 bits per heavy atom. The Balaban J connectivity index is 2.17. The number of nitrogens with two attached hydrogens (primary N) is 1. The summed E-state index contributed by atoms with van der Waals surface area (Å²) in [5.41, 5.74) is 8.49. The van der Waals surface area contributed by atoms with E-state index < -0.39 is 0 Å². The molecule has 0 aliphatic rings. The van der Waals surface area contributed by atoms with E-state index in [2.05, 4.69) is 36.3 Å². The smallest absolute Gasteiger partial charge is 0.170 e. The molecule has 3 nitrogen and oxygen atoms in total. The quantitative estimate of drug-likeness (QED) is 0.545. The predicted octanol–water partition coefficient (Wildman–Crippen LogP) is 2.92. The second kappa shape index (κ2) is 7.71. The van der Waals surface area contributed by atoms with Crippen LogP contribution in [0.15, 0.2) is 36.5 Å². The zero-order valence-electron chi connectivity index (χ0n) is 10.8. The van der Waals surface area contributed by atoms with E-state index in [9.17, 15) is 0 Å². The molecule has 0 heterocycles. The summed E-state index contributed by atoms with van der Waals surface area (Å²) < 4.78 is 0. The van der Waals surface area contributed by atoms with Crippen molar-refractivity contribution in [3.05, 3.63) is 42.1 Å². The van der Waals surface area contributed by atoms with Crippen LogP contribution in [-0.4, -0.2) is 11.7 Å². The number of nitrogens with one attached hydrogen (secondary N) is 2. The van der Waals surface area contributed by atoms with Crippen molar-refractivity contribution in [1.29, 1.82) is 0 Å². The molecular formula is C14H21N3S. The number of anilines is 1. The van der Waals surface area contributed by atoms with Crippen molar-refractivity contribution in [3.63, 3.8) is 0 Å². The molecule has 4 heteroatoms. The molecule has 0 radical (unpaired) electrons. The van der Waals surface area contributed by atoms with E-state index in [1.165, 1.54) is 5.56 Å². The molecule has 0 atom stereocenters. The van der Waals surface area contributed by atoms with Crippen LogP contribution in [0, 0.1) is 6.92 Å². The van der Waals surface area contributed by atoms with Gasteiger partial charge in [0.1, 0.15) is 0 Å². The van der Waals surface area contributed by atoms with Gasteiger partial charge >= 0.3 is 0 Å². The third-order valence-electron chi connectivity index (χ3n) is 2.52. The SMILES string of the molecule is C=C(N)CCCCNC(=S)Nc1ccc(C)cc1. The van der Waals surface area contributed by atoms with Crippen LogP contribution < -0.4 is 16.4 Å². The maximum atomic E-state index is 5.50. The monoisotopic (exact) mass is 263 g/mol. The third-order valence-corrected chi connectivity index (χ3v) is 2.77. The van der Waals surface area contributed by atoms with Gasteiger partial charge in [0.2, 0.25) is 0 Å². The fourth-order valence-electron chi connectivity index (χ4n) is 1.49. The molecule has 0 unspecified atom stereocenters. The molecule has 98 valence electrons. The van der Waals surface area contributed by atoms with Gasteiger partial charge < -0.3 is 16.4 Å². The maximum absolute atomic E-state index is 5.50. The Bertz CT molecular complexity index is 398. The Hall–Kier alpha value is -1.55. The molecule has 0 saturated carbocycles. The maximum Gasteiger partial charge on any atom is 0.170 e. The lowest BCUT2D eigenvalue weighted by atomic mass is 10.2. The van der Waals surface area contributed by atoms with E-state index >= 15 is 0 Å². The first-order valence-electron chi connectivity index (χ1n) is 6.12. The zero-order chi connectivity index (χ0) is 13.4. The van der Waals surface area contributed by atoms with Gasteiger partial charge in [-0.3, -0.25) is 0 Å². The predicted molar refractivity (Wildman–Crippen MR) is 82.6 cm³/mol. The summed E-state index contributed by atoms with van der Waals surface area (Å²) >= 11 is 5.21. The highest BCUT2D eigenvalue weighted by molar-refractivity contribution is 7.80. The second-order valence-electron chi connectivity index (χ2n) is 4.36. The van der Waals surface area contributed by atoms with E-state index in [-0.39, 0.29) is 0 Å². The van der Waals surface area contributed by atoms with Crippen molar-refractivity contribution in [2.45, 2.75) is 26.2 Å². The average molecular weight is 263 g/mol. The lowest BCUT2D eigenvalue weighted by Crippen LogP contribution is -2.29. The highest BCUT2D eigenvalue weighted by atomic mass is 32.1. The molecule has 4 N–H and O–H groups in total. The summed E-state index contributed by atoms with van der Waals surface area (Å²) in [6.07, 6.45) is 2.95. The number of thiocarbonyl (C=S) groups is 1. The number of hydrogen-bond donors (Lipinski definition) is 3. The molecule has 0 aliphatic heterocycles. The van der Waals surface area contributed by atoms with Gasteiger partial charge in [-0.1, -0.05) is 24.3 Å². The van der Waals surface area contributed by atoms with E-state index in [0.29, 0.717) is 5.11 Å². The van der Waals surface area contributed by atoms with Crippen LogP contribution in [0.3, 0.4) is 0 Å². The largest absolute Gasteiger partial charge is 0.403 e. The van der Waals surface area contributed by atoms with Crippen molar-refractivity contribution in [2.75, 3.05) is 11.9 Å². The average Bonchev–Trinajstić information content (AvgIpc) is 2.31. The number of hydrogen-bond acceptors (Lipinski definition) is 2. The normalized spacial score (nSPS) is 9.83. The number of rotatable bonds is 6. The first-order chi connectivity index (χ1) is 8.58. The van der Waals surface area contributed by atoms with E-state index in [1.54, 1.807) is 0 Å². The minimum absolute atomic E-state index is 0.658. The van der Waals surface area contributed by atoms with Crippen LogP contribution in [0.1, 0.15) is 24.8 Å².